The first-order valence-corrected chi connectivity index (χ1v) is 4.32. The van der Waals surface area contributed by atoms with Gasteiger partial charge in [-0.1, -0.05) is 0 Å². The van der Waals surface area contributed by atoms with E-state index in [1.54, 1.807) is 14.0 Å². The molecular formula is C9H18O3. The molecule has 0 spiro atoms. The highest BCUT2D eigenvalue weighted by Crippen LogP contribution is 2.35. The summed E-state index contributed by atoms with van der Waals surface area (Å²) < 4.78 is 10.7. The summed E-state index contributed by atoms with van der Waals surface area (Å²) in [4.78, 5) is 0. The van der Waals surface area contributed by atoms with Crippen molar-refractivity contribution in [2.75, 3.05) is 7.11 Å². The molecule has 0 amide bonds. The van der Waals surface area contributed by atoms with Crippen LogP contribution in [0.4, 0.5) is 0 Å². The van der Waals surface area contributed by atoms with Gasteiger partial charge in [0.1, 0.15) is 0 Å². The van der Waals surface area contributed by atoms with Gasteiger partial charge in [-0.05, 0) is 20.8 Å². The Morgan fingerprint density at radius 1 is 1.50 bits per heavy atom. The van der Waals surface area contributed by atoms with Crippen LogP contribution in [0.5, 0.6) is 0 Å². The van der Waals surface area contributed by atoms with Crippen molar-refractivity contribution in [3.8, 4) is 0 Å². The van der Waals surface area contributed by atoms with Crippen LogP contribution in [0, 0.1) is 0 Å². The standard InChI is InChI=1S/C9H18O3/c1-7-5-8(2,11-4)6-9(3,10)12-7/h7,10H,5-6H2,1-4H3. The molecule has 1 heterocycles. The van der Waals surface area contributed by atoms with E-state index >= 15 is 0 Å². The molecule has 12 heavy (non-hydrogen) atoms. The maximum Gasteiger partial charge on any atom is 0.165 e. The number of methoxy groups -OCH3 is 1. The minimum Gasteiger partial charge on any atom is -0.378 e. The smallest absolute Gasteiger partial charge is 0.165 e. The molecule has 1 rings (SSSR count). The Hall–Kier alpha value is -0.120. The van der Waals surface area contributed by atoms with E-state index < -0.39 is 5.79 Å². The largest absolute Gasteiger partial charge is 0.378 e. The van der Waals surface area contributed by atoms with E-state index in [0.717, 1.165) is 6.42 Å². The van der Waals surface area contributed by atoms with E-state index in [-0.39, 0.29) is 11.7 Å². The summed E-state index contributed by atoms with van der Waals surface area (Å²) in [6.07, 6.45) is 1.42. The molecule has 1 fully saturated rings. The molecule has 0 radical (unpaired) electrons. The topological polar surface area (TPSA) is 38.7 Å². The van der Waals surface area contributed by atoms with E-state index in [4.69, 9.17) is 9.47 Å². The molecule has 0 aromatic carbocycles. The molecule has 3 atom stereocenters. The van der Waals surface area contributed by atoms with Gasteiger partial charge in [-0.15, -0.1) is 0 Å². The first-order chi connectivity index (χ1) is 5.37. The number of ether oxygens (including phenoxy) is 2. The predicted octanol–water partition coefficient (Wildman–Crippen LogP) is 1.30. The molecule has 1 aliphatic rings. The zero-order valence-corrected chi connectivity index (χ0v) is 8.26. The Kier molecular flexibility index (Phi) is 2.47. The second-order valence-corrected chi connectivity index (χ2v) is 4.14. The van der Waals surface area contributed by atoms with Crippen LogP contribution in [0.2, 0.25) is 0 Å². The first-order valence-electron chi connectivity index (χ1n) is 4.32. The second-order valence-electron chi connectivity index (χ2n) is 4.14. The molecule has 1 aliphatic heterocycles. The van der Waals surface area contributed by atoms with Gasteiger partial charge in [-0.2, -0.15) is 0 Å². The SMILES string of the molecule is COC1(C)CC(C)OC(C)(O)C1. The summed E-state index contributed by atoms with van der Waals surface area (Å²) in [5.41, 5.74) is -0.249. The van der Waals surface area contributed by atoms with Crippen LogP contribution in [0.15, 0.2) is 0 Å². The van der Waals surface area contributed by atoms with Crippen molar-refractivity contribution < 1.29 is 14.6 Å². The summed E-state index contributed by atoms with van der Waals surface area (Å²) in [5, 5.41) is 9.71. The molecule has 0 bridgehead atoms. The Labute approximate surface area is 73.7 Å². The molecule has 1 saturated heterocycles. The van der Waals surface area contributed by atoms with Crippen LogP contribution in [0.1, 0.15) is 33.6 Å². The third-order valence-corrected chi connectivity index (χ3v) is 2.37. The summed E-state index contributed by atoms with van der Waals surface area (Å²) in [7, 11) is 1.67. The Bertz CT molecular complexity index is 167. The van der Waals surface area contributed by atoms with Gasteiger partial charge in [0.15, 0.2) is 5.79 Å². The fourth-order valence-corrected chi connectivity index (χ4v) is 2.05. The lowest BCUT2D eigenvalue weighted by atomic mass is 9.88. The Morgan fingerprint density at radius 3 is 2.50 bits per heavy atom. The third-order valence-electron chi connectivity index (χ3n) is 2.37. The van der Waals surface area contributed by atoms with Crippen molar-refractivity contribution in [1.29, 1.82) is 0 Å². The van der Waals surface area contributed by atoms with Crippen LogP contribution < -0.4 is 0 Å². The van der Waals surface area contributed by atoms with Gasteiger partial charge >= 0.3 is 0 Å². The average Bonchev–Trinajstić information content (AvgIpc) is 1.82. The minimum absolute atomic E-state index is 0.0544. The van der Waals surface area contributed by atoms with E-state index in [0.29, 0.717) is 6.42 Å². The predicted molar refractivity (Wildman–Crippen MR) is 45.8 cm³/mol. The van der Waals surface area contributed by atoms with Gasteiger partial charge in [-0.25, -0.2) is 0 Å². The van der Waals surface area contributed by atoms with E-state index in [2.05, 4.69) is 0 Å². The summed E-state index contributed by atoms with van der Waals surface area (Å²) in [6, 6.07) is 0. The molecule has 0 saturated carbocycles. The van der Waals surface area contributed by atoms with Gasteiger partial charge in [0, 0.05) is 20.0 Å². The summed E-state index contributed by atoms with van der Waals surface area (Å²) in [6.45, 7) is 5.63. The number of aliphatic hydroxyl groups is 1. The maximum absolute atomic E-state index is 9.71. The number of rotatable bonds is 1. The molecule has 0 aromatic rings. The van der Waals surface area contributed by atoms with Gasteiger partial charge < -0.3 is 14.6 Å². The van der Waals surface area contributed by atoms with E-state index in [9.17, 15) is 5.11 Å². The van der Waals surface area contributed by atoms with Gasteiger partial charge in [0.2, 0.25) is 0 Å². The van der Waals surface area contributed by atoms with Gasteiger partial charge in [-0.3, -0.25) is 0 Å². The van der Waals surface area contributed by atoms with Crippen molar-refractivity contribution in [2.24, 2.45) is 0 Å². The average molecular weight is 174 g/mol. The molecule has 0 aromatic heterocycles. The fourth-order valence-electron chi connectivity index (χ4n) is 2.05. The Balaban J connectivity index is 2.70. The van der Waals surface area contributed by atoms with Crippen molar-refractivity contribution in [2.45, 2.75) is 51.1 Å². The molecule has 3 nitrogen and oxygen atoms in total. The lowest BCUT2D eigenvalue weighted by molar-refractivity contribution is -0.279. The zero-order valence-electron chi connectivity index (χ0n) is 8.26. The lowest BCUT2D eigenvalue weighted by Gasteiger charge is -2.43. The fraction of sp³-hybridized carbons (Fsp3) is 1.00. The number of hydrogen-bond acceptors (Lipinski definition) is 3. The molecular weight excluding hydrogens is 156 g/mol. The van der Waals surface area contributed by atoms with Crippen LogP contribution >= 0.6 is 0 Å². The van der Waals surface area contributed by atoms with Gasteiger partial charge in [0.25, 0.3) is 0 Å². The van der Waals surface area contributed by atoms with E-state index in [1.165, 1.54) is 0 Å². The quantitative estimate of drug-likeness (QED) is 0.651. The van der Waals surface area contributed by atoms with Crippen molar-refractivity contribution in [1.82, 2.24) is 0 Å². The summed E-state index contributed by atoms with van der Waals surface area (Å²) >= 11 is 0. The monoisotopic (exact) mass is 174 g/mol. The van der Waals surface area contributed by atoms with E-state index in [1.807, 2.05) is 13.8 Å². The highest BCUT2D eigenvalue weighted by Gasteiger charge is 2.42. The van der Waals surface area contributed by atoms with Gasteiger partial charge in [0.05, 0.1) is 11.7 Å². The van der Waals surface area contributed by atoms with Crippen molar-refractivity contribution in [3.05, 3.63) is 0 Å². The molecule has 72 valence electrons. The second kappa shape index (κ2) is 2.98. The first kappa shape index (κ1) is 9.96. The van der Waals surface area contributed by atoms with Crippen molar-refractivity contribution >= 4 is 0 Å². The zero-order chi connectivity index (χ0) is 9.41. The van der Waals surface area contributed by atoms with Crippen LogP contribution in [0.25, 0.3) is 0 Å². The van der Waals surface area contributed by atoms with Crippen molar-refractivity contribution in [3.63, 3.8) is 0 Å². The molecule has 1 N–H and O–H groups in total. The molecule has 3 unspecified atom stereocenters. The molecule has 3 heteroatoms. The third kappa shape index (κ3) is 2.19. The number of hydrogen-bond donors (Lipinski definition) is 1. The highest BCUT2D eigenvalue weighted by atomic mass is 16.6. The Morgan fingerprint density at radius 2 is 2.08 bits per heavy atom. The summed E-state index contributed by atoms with van der Waals surface area (Å²) in [5.74, 6) is -1.04. The molecule has 0 aliphatic carbocycles. The van der Waals surface area contributed by atoms with Crippen LogP contribution in [0.3, 0.4) is 0 Å². The normalized spacial score (nSPS) is 49.2. The minimum atomic E-state index is -1.04. The maximum atomic E-state index is 9.71. The lowest BCUT2D eigenvalue weighted by Crippen LogP contribution is -2.49. The van der Waals surface area contributed by atoms with Crippen LogP contribution in [-0.4, -0.2) is 29.7 Å². The highest BCUT2D eigenvalue weighted by molar-refractivity contribution is 4.88. The van der Waals surface area contributed by atoms with Crippen LogP contribution in [-0.2, 0) is 9.47 Å².